The van der Waals surface area contributed by atoms with E-state index in [1.54, 1.807) is 0 Å². The Morgan fingerprint density at radius 3 is 2.64 bits per heavy atom. The van der Waals surface area contributed by atoms with Gasteiger partial charge in [0.25, 0.3) is 0 Å². The van der Waals surface area contributed by atoms with Gasteiger partial charge in [-0.1, -0.05) is 38.8 Å². The first-order valence-corrected chi connectivity index (χ1v) is 7.41. The van der Waals surface area contributed by atoms with Crippen molar-refractivity contribution in [2.45, 2.75) is 38.6 Å². The fourth-order valence-corrected chi connectivity index (χ4v) is 2.64. The first-order chi connectivity index (χ1) is 6.77. The molecule has 1 aliphatic rings. The van der Waals surface area contributed by atoms with Crippen molar-refractivity contribution >= 4 is 31.9 Å². The third kappa shape index (κ3) is 4.17. The van der Waals surface area contributed by atoms with Crippen LogP contribution in [0.1, 0.15) is 26.2 Å². The van der Waals surface area contributed by atoms with Crippen LogP contribution in [-0.4, -0.2) is 29.7 Å². The van der Waals surface area contributed by atoms with Gasteiger partial charge in [-0.2, -0.15) is 0 Å². The quantitative estimate of drug-likeness (QED) is 0.720. The van der Waals surface area contributed by atoms with Gasteiger partial charge in [0.05, 0.1) is 6.10 Å². The van der Waals surface area contributed by atoms with Crippen molar-refractivity contribution in [1.29, 1.82) is 0 Å². The van der Waals surface area contributed by atoms with Crippen molar-refractivity contribution in [3.8, 4) is 0 Å². The number of halogens is 2. The van der Waals surface area contributed by atoms with Crippen molar-refractivity contribution in [1.82, 2.24) is 0 Å². The summed E-state index contributed by atoms with van der Waals surface area (Å²) in [6.45, 7) is 3.03. The molecular weight excluding hydrogens is 312 g/mol. The Morgan fingerprint density at radius 1 is 1.36 bits per heavy atom. The Morgan fingerprint density at radius 2 is 2.14 bits per heavy atom. The van der Waals surface area contributed by atoms with E-state index in [4.69, 9.17) is 9.47 Å². The summed E-state index contributed by atoms with van der Waals surface area (Å²) in [7, 11) is 0. The number of alkyl halides is 2. The lowest BCUT2D eigenvalue weighted by Gasteiger charge is -2.29. The second-order valence-electron chi connectivity index (χ2n) is 3.76. The maximum Gasteiger partial charge on any atom is 0.158 e. The van der Waals surface area contributed by atoms with E-state index in [9.17, 15) is 0 Å². The molecule has 0 N–H and O–H groups in total. The minimum Gasteiger partial charge on any atom is -0.353 e. The molecule has 0 aromatic carbocycles. The van der Waals surface area contributed by atoms with E-state index < -0.39 is 0 Å². The molecule has 0 radical (unpaired) electrons. The standard InChI is InChI=1S/C10H18Br2O2/c1-8(6-11)9(7-12)14-10-4-2-3-5-13-10/h8-10H,2-7H2,1H3/t8-,9+,10?/m0/s1. The number of rotatable bonds is 5. The molecule has 0 spiro atoms. The van der Waals surface area contributed by atoms with E-state index in [1.807, 2.05) is 0 Å². The Kier molecular flexibility index (Phi) is 6.66. The van der Waals surface area contributed by atoms with E-state index in [-0.39, 0.29) is 12.4 Å². The minimum absolute atomic E-state index is 0.0211. The third-order valence-electron chi connectivity index (χ3n) is 2.49. The average molecular weight is 330 g/mol. The highest BCUT2D eigenvalue weighted by atomic mass is 79.9. The first-order valence-electron chi connectivity index (χ1n) is 5.17. The van der Waals surface area contributed by atoms with Crippen LogP contribution in [0, 0.1) is 5.92 Å². The molecule has 1 heterocycles. The molecule has 2 nitrogen and oxygen atoms in total. The zero-order valence-electron chi connectivity index (χ0n) is 8.55. The second kappa shape index (κ2) is 7.20. The topological polar surface area (TPSA) is 18.5 Å². The Labute approximate surface area is 103 Å². The van der Waals surface area contributed by atoms with Crippen molar-refractivity contribution < 1.29 is 9.47 Å². The molecule has 0 saturated carbocycles. The van der Waals surface area contributed by atoms with E-state index in [0.717, 1.165) is 23.7 Å². The van der Waals surface area contributed by atoms with Gasteiger partial charge in [-0.15, -0.1) is 0 Å². The molecule has 1 saturated heterocycles. The SMILES string of the molecule is C[C@@H](CBr)[C@@H](CBr)OC1CCCCO1. The van der Waals surface area contributed by atoms with Crippen LogP contribution in [0.25, 0.3) is 0 Å². The molecule has 3 atom stereocenters. The molecule has 0 aromatic heterocycles. The van der Waals surface area contributed by atoms with E-state index >= 15 is 0 Å². The zero-order chi connectivity index (χ0) is 10.4. The van der Waals surface area contributed by atoms with E-state index in [2.05, 4.69) is 38.8 Å². The van der Waals surface area contributed by atoms with Crippen LogP contribution >= 0.6 is 31.9 Å². The maximum atomic E-state index is 5.89. The average Bonchev–Trinajstić information content (AvgIpc) is 2.26. The fourth-order valence-electron chi connectivity index (χ4n) is 1.44. The second-order valence-corrected chi connectivity index (χ2v) is 5.05. The van der Waals surface area contributed by atoms with E-state index in [0.29, 0.717) is 5.92 Å². The smallest absolute Gasteiger partial charge is 0.158 e. The van der Waals surface area contributed by atoms with E-state index in [1.165, 1.54) is 12.8 Å². The summed E-state index contributed by atoms with van der Waals surface area (Å²) in [5.41, 5.74) is 0. The molecule has 14 heavy (non-hydrogen) atoms. The van der Waals surface area contributed by atoms with Crippen LogP contribution in [0.4, 0.5) is 0 Å². The van der Waals surface area contributed by atoms with Crippen LogP contribution in [0.15, 0.2) is 0 Å². The normalized spacial score (nSPS) is 27.2. The van der Waals surface area contributed by atoms with Gasteiger partial charge in [-0.05, 0) is 25.2 Å². The highest BCUT2D eigenvalue weighted by Gasteiger charge is 2.22. The minimum atomic E-state index is 0.0211. The zero-order valence-corrected chi connectivity index (χ0v) is 11.7. The predicted octanol–water partition coefficient (Wildman–Crippen LogP) is 3.32. The van der Waals surface area contributed by atoms with Crippen LogP contribution < -0.4 is 0 Å². The van der Waals surface area contributed by atoms with Crippen LogP contribution in [0.3, 0.4) is 0 Å². The number of ether oxygens (including phenoxy) is 2. The Hall–Kier alpha value is 0.880. The Bertz CT molecular complexity index is 149. The third-order valence-corrected chi connectivity index (χ3v) is 4.15. The summed E-state index contributed by atoms with van der Waals surface area (Å²) in [5.74, 6) is 0.514. The number of hydrogen-bond acceptors (Lipinski definition) is 2. The summed E-state index contributed by atoms with van der Waals surface area (Å²) in [5, 5.41) is 1.84. The predicted molar refractivity (Wildman–Crippen MR) is 65.2 cm³/mol. The van der Waals surface area contributed by atoms with Crippen LogP contribution in [0.5, 0.6) is 0 Å². The van der Waals surface area contributed by atoms with Gasteiger partial charge in [-0.25, -0.2) is 0 Å². The van der Waals surface area contributed by atoms with Crippen LogP contribution in [-0.2, 0) is 9.47 Å². The molecule has 1 aliphatic heterocycles. The fraction of sp³-hybridized carbons (Fsp3) is 1.00. The van der Waals surface area contributed by atoms with Gasteiger partial charge in [0.15, 0.2) is 6.29 Å². The summed E-state index contributed by atoms with van der Waals surface area (Å²) in [6, 6.07) is 0. The van der Waals surface area contributed by atoms with Gasteiger partial charge >= 0.3 is 0 Å². The number of hydrogen-bond donors (Lipinski definition) is 0. The van der Waals surface area contributed by atoms with Gasteiger partial charge in [0.2, 0.25) is 0 Å². The largest absolute Gasteiger partial charge is 0.353 e. The lowest BCUT2D eigenvalue weighted by Crippen LogP contribution is -2.33. The summed E-state index contributed by atoms with van der Waals surface area (Å²) in [6.07, 6.45) is 3.71. The molecule has 1 unspecified atom stereocenters. The Balaban J connectivity index is 2.30. The van der Waals surface area contributed by atoms with Gasteiger partial charge < -0.3 is 9.47 Å². The molecular formula is C10H18Br2O2. The van der Waals surface area contributed by atoms with Crippen molar-refractivity contribution in [2.75, 3.05) is 17.3 Å². The summed E-state index contributed by atoms with van der Waals surface area (Å²) >= 11 is 6.96. The molecule has 4 heteroatoms. The van der Waals surface area contributed by atoms with Crippen molar-refractivity contribution in [3.05, 3.63) is 0 Å². The molecule has 1 rings (SSSR count). The van der Waals surface area contributed by atoms with Crippen molar-refractivity contribution in [2.24, 2.45) is 5.92 Å². The molecule has 0 aliphatic carbocycles. The van der Waals surface area contributed by atoms with Crippen LogP contribution in [0.2, 0.25) is 0 Å². The lowest BCUT2D eigenvalue weighted by molar-refractivity contribution is -0.190. The summed E-state index contributed by atoms with van der Waals surface area (Å²) < 4.78 is 11.4. The lowest BCUT2D eigenvalue weighted by atomic mass is 10.1. The maximum absolute atomic E-state index is 5.89. The molecule has 1 fully saturated rings. The van der Waals surface area contributed by atoms with Gasteiger partial charge in [0, 0.05) is 17.3 Å². The van der Waals surface area contributed by atoms with Gasteiger partial charge in [0.1, 0.15) is 0 Å². The van der Waals surface area contributed by atoms with Crippen molar-refractivity contribution in [3.63, 3.8) is 0 Å². The molecule has 0 aromatic rings. The summed E-state index contributed by atoms with van der Waals surface area (Å²) in [4.78, 5) is 0. The monoisotopic (exact) mass is 328 g/mol. The van der Waals surface area contributed by atoms with Gasteiger partial charge in [-0.3, -0.25) is 0 Å². The molecule has 0 bridgehead atoms. The highest BCUT2D eigenvalue weighted by Crippen LogP contribution is 2.20. The molecule has 0 amide bonds. The first kappa shape index (κ1) is 12.9. The molecule has 84 valence electrons. The highest BCUT2D eigenvalue weighted by molar-refractivity contribution is 9.09.